The first-order chi connectivity index (χ1) is 6.38. The third kappa shape index (κ3) is 2.02. The van der Waals surface area contributed by atoms with Gasteiger partial charge in [0.25, 0.3) is 0 Å². The van der Waals surface area contributed by atoms with E-state index in [1.165, 1.54) is 12.8 Å². The van der Waals surface area contributed by atoms with Gasteiger partial charge in [-0.1, -0.05) is 0 Å². The number of hydrogen-bond acceptors (Lipinski definition) is 1. The summed E-state index contributed by atoms with van der Waals surface area (Å²) in [4.78, 5) is 14.0. The van der Waals surface area contributed by atoms with Crippen LogP contribution in [0.5, 0.6) is 0 Å². The molecule has 2 fully saturated rings. The molecule has 3 heteroatoms. The van der Waals surface area contributed by atoms with Gasteiger partial charge in [0.15, 0.2) is 0 Å². The number of quaternary nitrogens is 1. The van der Waals surface area contributed by atoms with Crippen LogP contribution in [0.25, 0.3) is 0 Å². The van der Waals surface area contributed by atoms with Crippen LogP contribution in [0.1, 0.15) is 25.7 Å². The fraction of sp³-hybridized carbons (Fsp3) is 0.900. The summed E-state index contributed by atoms with van der Waals surface area (Å²) in [7, 11) is 0. The van der Waals surface area contributed by atoms with Crippen LogP contribution in [0.2, 0.25) is 0 Å². The molecule has 74 valence electrons. The zero-order valence-electron chi connectivity index (χ0n) is 8.17. The Morgan fingerprint density at radius 2 is 1.77 bits per heavy atom. The standard InChI is InChI=1S/C10H18N2O/c13-10(12-7-1-2-8-12)9-3-5-11-6-4-9/h9,11H,1-8H2/p+1. The third-order valence-corrected chi connectivity index (χ3v) is 3.21. The minimum Gasteiger partial charge on any atom is -0.346 e. The highest BCUT2D eigenvalue weighted by Gasteiger charge is 2.28. The summed E-state index contributed by atoms with van der Waals surface area (Å²) >= 11 is 0. The number of carbonyl (C=O) groups excluding carboxylic acids is 1. The largest absolute Gasteiger partial charge is 0.346 e. The van der Waals surface area contributed by atoms with Gasteiger partial charge >= 0.3 is 0 Å². The highest BCUT2D eigenvalue weighted by molar-refractivity contribution is 5.79. The Morgan fingerprint density at radius 1 is 1.15 bits per heavy atom. The van der Waals surface area contributed by atoms with Crippen LogP contribution in [0.4, 0.5) is 0 Å². The molecular formula is C10H19N2O+. The molecule has 3 nitrogen and oxygen atoms in total. The maximum atomic E-state index is 11.9. The van der Waals surface area contributed by atoms with Crippen LogP contribution in [0, 0.1) is 5.92 Å². The highest BCUT2D eigenvalue weighted by atomic mass is 16.2. The Bertz CT molecular complexity index is 181. The molecule has 2 aliphatic rings. The van der Waals surface area contributed by atoms with Gasteiger partial charge in [0.1, 0.15) is 0 Å². The second kappa shape index (κ2) is 4.09. The van der Waals surface area contributed by atoms with Crippen molar-refractivity contribution >= 4 is 5.91 Å². The summed E-state index contributed by atoms with van der Waals surface area (Å²) in [5, 5.41) is 2.31. The van der Waals surface area contributed by atoms with Crippen molar-refractivity contribution in [2.24, 2.45) is 5.92 Å². The minimum absolute atomic E-state index is 0.350. The van der Waals surface area contributed by atoms with Crippen LogP contribution >= 0.6 is 0 Å². The zero-order valence-corrected chi connectivity index (χ0v) is 8.17. The van der Waals surface area contributed by atoms with Crippen LogP contribution in [0.3, 0.4) is 0 Å². The van der Waals surface area contributed by atoms with Gasteiger partial charge in [-0.15, -0.1) is 0 Å². The first-order valence-corrected chi connectivity index (χ1v) is 5.48. The van der Waals surface area contributed by atoms with E-state index in [0.717, 1.165) is 39.0 Å². The van der Waals surface area contributed by atoms with E-state index in [0.29, 0.717) is 11.8 Å². The van der Waals surface area contributed by atoms with Crippen LogP contribution in [-0.2, 0) is 4.79 Å². The molecule has 0 atom stereocenters. The average molecular weight is 183 g/mol. The number of nitrogens with zero attached hydrogens (tertiary/aromatic N) is 1. The monoisotopic (exact) mass is 183 g/mol. The normalized spacial score (nSPS) is 25.1. The molecule has 1 amide bonds. The molecule has 0 aliphatic carbocycles. The van der Waals surface area contributed by atoms with Gasteiger partial charge in [-0.3, -0.25) is 4.79 Å². The molecule has 0 bridgehead atoms. The van der Waals surface area contributed by atoms with E-state index in [9.17, 15) is 4.79 Å². The van der Waals surface area contributed by atoms with Gasteiger partial charge in [-0.2, -0.15) is 0 Å². The lowest BCUT2D eigenvalue weighted by Crippen LogP contribution is -2.86. The van der Waals surface area contributed by atoms with Crippen LogP contribution in [0.15, 0.2) is 0 Å². The van der Waals surface area contributed by atoms with Gasteiger partial charge < -0.3 is 10.2 Å². The Balaban J connectivity index is 1.87. The van der Waals surface area contributed by atoms with Crippen molar-refractivity contribution in [2.45, 2.75) is 25.7 Å². The van der Waals surface area contributed by atoms with E-state index in [2.05, 4.69) is 10.2 Å². The summed E-state index contributed by atoms with van der Waals surface area (Å²) in [6.45, 7) is 4.31. The molecule has 0 aromatic heterocycles. The number of likely N-dealkylation sites (tertiary alicyclic amines) is 1. The molecule has 0 spiro atoms. The predicted molar refractivity (Wildman–Crippen MR) is 50.2 cm³/mol. The van der Waals surface area contributed by atoms with Crippen molar-refractivity contribution in [3.8, 4) is 0 Å². The first kappa shape index (κ1) is 9.00. The van der Waals surface area contributed by atoms with Gasteiger partial charge in [-0.25, -0.2) is 0 Å². The lowest BCUT2D eigenvalue weighted by Gasteiger charge is -2.24. The van der Waals surface area contributed by atoms with E-state index in [4.69, 9.17) is 0 Å². The van der Waals surface area contributed by atoms with E-state index in [1.54, 1.807) is 0 Å². The Labute approximate surface area is 79.5 Å². The van der Waals surface area contributed by atoms with Crippen molar-refractivity contribution in [1.82, 2.24) is 4.90 Å². The third-order valence-electron chi connectivity index (χ3n) is 3.21. The summed E-state index contributed by atoms with van der Waals surface area (Å²) in [6.07, 6.45) is 4.61. The Hall–Kier alpha value is -0.570. The van der Waals surface area contributed by atoms with E-state index in [1.807, 2.05) is 0 Å². The Kier molecular flexibility index (Phi) is 2.83. The maximum Gasteiger partial charge on any atom is 0.226 e. The fourth-order valence-corrected chi connectivity index (χ4v) is 2.37. The molecule has 0 radical (unpaired) electrons. The van der Waals surface area contributed by atoms with Crippen molar-refractivity contribution < 1.29 is 10.1 Å². The predicted octanol–water partition coefficient (Wildman–Crippen LogP) is -0.418. The number of nitrogens with two attached hydrogens (primary N) is 1. The van der Waals surface area contributed by atoms with Crippen molar-refractivity contribution in [2.75, 3.05) is 26.2 Å². The molecule has 2 rings (SSSR count). The minimum atomic E-state index is 0.350. The quantitative estimate of drug-likeness (QED) is 0.589. The summed E-state index contributed by atoms with van der Waals surface area (Å²) in [5.74, 6) is 0.786. The molecule has 13 heavy (non-hydrogen) atoms. The van der Waals surface area contributed by atoms with Crippen LogP contribution in [-0.4, -0.2) is 37.0 Å². The average Bonchev–Trinajstić information content (AvgIpc) is 2.71. The lowest BCUT2D eigenvalue weighted by atomic mass is 9.97. The Morgan fingerprint density at radius 3 is 2.38 bits per heavy atom. The molecule has 2 heterocycles. The van der Waals surface area contributed by atoms with Crippen molar-refractivity contribution in [3.63, 3.8) is 0 Å². The molecule has 0 aromatic rings. The van der Waals surface area contributed by atoms with Gasteiger partial charge in [-0.05, 0) is 12.8 Å². The molecular weight excluding hydrogens is 164 g/mol. The molecule has 0 saturated carbocycles. The summed E-state index contributed by atoms with van der Waals surface area (Å²) < 4.78 is 0. The second-order valence-corrected chi connectivity index (χ2v) is 4.17. The van der Waals surface area contributed by atoms with Crippen LogP contribution < -0.4 is 5.32 Å². The number of carbonyl (C=O) groups is 1. The molecule has 2 saturated heterocycles. The van der Waals surface area contributed by atoms with Gasteiger partial charge in [0.05, 0.1) is 13.1 Å². The van der Waals surface area contributed by atoms with Gasteiger partial charge in [0.2, 0.25) is 5.91 Å². The van der Waals surface area contributed by atoms with E-state index < -0.39 is 0 Å². The fourth-order valence-electron chi connectivity index (χ4n) is 2.37. The van der Waals surface area contributed by atoms with Crippen molar-refractivity contribution in [3.05, 3.63) is 0 Å². The number of piperidine rings is 1. The maximum absolute atomic E-state index is 11.9. The number of rotatable bonds is 1. The highest BCUT2D eigenvalue weighted by Crippen LogP contribution is 2.17. The zero-order chi connectivity index (χ0) is 9.10. The number of hydrogen-bond donors (Lipinski definition) is 1. The summed E-state index contributed by atoms with van der Waals surface area (Å²) in [6, 6.07) is 0. The molecule has 2 N–H and O–H groups in total. The molecule has 2 aliphatic heterocycles. The lowest BCUT2D eigenvalue weighted by molar-refractivity contribution is -0.664. The van der Waals surface area contributed by atoms with E-state index >= 15 is 0 Å². The number of amides is 1. The smallest absolute Gasteiger partial charge is 0.226 e. The van der Waals surface area contributed by atoms with Gasteiger partial charge in [0, 0.05) is 31.8 Å². The molecule has 0 aromatic carbocycles. The summed E-state index contributed by atoms with van der Waals surface area (Å²) in [5.41, 5.74) is 0. The van der Waals surface area contributed by atoms with Crippen molar-refractivity contribution in [1.29, 1.82) is 0 Å². The topological polar surface area (TPSA) is 36.9 Å². The van der Waals surface area contributed by atoms with E-state index in [-0.39, 0.29) is 0 Å². The first-order valence-electron chi connectivity index (χ1n) is 5.48. The SMILES string of the molecule is O=C(C1CC[NH2+]CC1)N1CCCC1. The molecule has 0 unspecified atom stereocenters. The second-order valence-electron chi connectivity index (χ2n) is 4.17.